The fourth-order valence-electron chi connectivity index (χ4n) is 1.35. The van der Waals surface area contributed by atoms with Gasteiger partial charge in [-0.05, 0) is 32.4 Å². The highest BCUT2D eigenvalue weighted by molar-refractivity contribution is 5.76. The van der Waals surface area contributed by atoms with Crippen molar-refractivity contribution in [2.24, 2.45) is 0 Å². The van der Waals surface area contributed by atoms with Gasteiger partial charge in [-0.1, -0.05) is 6.08 Å². The van der Waals surface area contributed by atoms with Gasteiger partial charge in [0.05, 0.1) is 0 Å². The standard InChI is InChI=1S/C10H17N5O/c1-5-6-10(3,4)11-9(16)7-15-13-8(2)12-14-15/h5H,1,6-7H2,2-4H3,(H,11,16). The van der Waals surface area contributed by atoms with Crippen LogP contribution in [0.4, 0.5) is 0 Å². The number of carbonyl (C=O) groups is 1. The van der Waals surface area contributed by atoms with Crippen molar-refractivity contribution in [1.82, 2.24) is 25.5 Å². The lowest BCUT2D eigenvalue weighted by atomic mass is 10.0. The van der Waals surface area contributed by atoms with Gasteiger partial charge in [0.2, 0.25) is 5.91 Å². The van der Waals surface area contributed by atoms with E-state index in [1.807, 2.05) is 13.8 Å². The molecule has 1 rings (SSSR count). The summed E-state index contributed by atoms with van der Waals surface area (Å²) in [4.78, 5) is 12.9. The molecule has 0 saturated carbocycles. The fourth-order valence-corrected chi connectivity index (χ4v) is 1.35. The molecule has 0 aliphatic carbocycles. The van der Waals surface area contributed by atoms with E-state index < -0.39 is 0 Å². The Morgan fingerprint density at radius 3 is 2.81 bits per heavy atom. The maximum atomic E-state index is 11.6. The zero-order valence-corrected chi connectivity index (χ0v) is 9.90. The van der Waals surface area contributed by atoms with Crippen LogP contribution in [-0.2, 0) is 11.3 Å². The molecule has 0 aliphatic heterocycles. The number of carbonyl (C=O) groups excluding carboxylic acids is 1. The van der Waals surface area contributed by atoms with E-state index in [4.69, 9.17) is 0 Å². The van der Waals surface area contributed by atoms with E-state index in [1.165, 1.54) is 4.80 Å². The second kappa shape index (κ2) is 4.87. The van der Waals surface area contributed by atoms with Crippen LogP contribution in [-0.4, -0.2) is 31.7 Å². The molecule has 0 saturated heterocycles. The Balaban J connectivity index is 2.50. The summed E-state index contributed by atoms with van der Waals surface area (Å²) in [5.41, 5.74) is -0.297. The lowest BCUT2D eigenvalue weighted by Gasteiger charge is -2.24. The minimum atomic E-state index is -0.297. The van der Waals surface area contributed by atoms with Crippen molar-refractivity contribution in [2.45, 2.75) is 39.3 Å². The predicted octanol–water partition coefficient (Wildman–Crippen LogP) is 0.452. The van der Waals surface area contributed by atoms with Crippen LogP contribution in [0, 0.1) is 6.92 Å². The summed E-state index contributed by atoms with van der Waals surface area (Å²) < 4.78 is 0. The highest BCUT2D eigenvalue weighted by Crippen LogP contribution is 2.07. The monoisotopic (exact) mass is 223 g/mol. The van der Waals surface area contributed by atoms with Crippen LogP contribution in [0.1, 0.15) is 26.1 Å². The zero-order valence-electron chi connectivity index (χ0n) is 9.90. The molecule has 16 heavy (non-hydrogen) atoms. The van der Waals surface area contributed by atoms with Crippen molar-refractivity contribution in [1.29, 1.82) is 0 Å². The molecule has 6 heteroatoms. The highest BCUT2D eigenvalue weighted by atomic mass is 16.2. The molecule has 0 radical (unpaired) electrons. The summed E-state index contributed by atoms with van der Waals surface area (Å²) in [5, 5.41) is 14.2. The summed E-state index contributed by atoms with van der Waals surface area (Å²) >= 11 is 0. The summed E-state index contributed by atoms with van der Waals surface area (Å²) in [6, 6.07) is 0. The van der Waals surface area contributed by atoms with Crippen LogP contribution >= 0.6 is 0 Å². The first-order valence-corrected chi connectivity index (χ1v) is 5.09. The molecule has 0 aliphatic rings. The molecule has 88 valence electrons. The lowest BCUT2D eigenvalue weighted by molar-refractivity contribution is -0.123. The van der Waals surface area contributed by atoms with Crippen LogP contribution in [0.15, 0.2) is 12.7 Å². The number of aryl methyl sites for hydroxylation is 1. The Kier molecular flexibility index (Phi) is 3.76. The van der Waals surface area contributed by atoms with Gasteiger partial charge in [-0.25, -0.2) is 0 Å². The zero-order chi connectivity index (χ0) is 12.2. The van der Waals surface area contributed by atoms with Gasteiger partial charge >= 0.3 is 0 Å². The quantitative estimate of drug-likeness (QED) is 0.736. The number of hydrogen-bond acceptors (Lipinski definition) is 4. The molecule has 1 heterocycles. The van der Waals surface area contributed by atoms with Gasteiger partial charge in [-0.15, -0.1) is 16.8 Å². The van der Waals surface area contributed by atoms with Gasteiger partial charge in [0.15, 0.2) is 5.82 Å². The topological polar surface area (TPSA) is 72.7 Å². The van der Waals surface area contributed by atoms with E-state index >= 15 is 0 Å². The van der Waals surface area contributed by atoms with Gasteiger partial charge in [0, 0.05) is 5.54 Å². The fraction of sp³-hybridized carbons (Fsp3) is 0.600. The molecule has 0 unspecified atom stereocenters. The van der Waals surface area contributed by atoms with Crippen molar-refractivity contribution in [3.8, 4) is 0 Å². The van der Waals surface area contributed by atoms with Crippen molar-refractivity contribution in [2.75, 3.05) is 0 Å². The van der Waals surface area contributed by atoms with E-state index in [2.05, 4.69) is 27.3 Å². The first-order chi connectivity index (χ1) is 7.43. The van der Waals surface area contributed by atoms with Crippen LogP contribution < -0.4 is 5.32 Å². The molecule has 1 amide bonds. The molecule has 1 aromatic rings. The maximum Gasteiger partial charge on any atom is 0.244 e. The minimum absolute atomic E-state index is 0.0847. The van der Waals surface area contributed by atoms with Crippen molar-refractivity contribution >= 4 is 5.91 Å². The van der Waals surface area contributed by atoms with Gasteiger partial charge < -0.3 is 5.32 Å². The summed E-state index contributed by atoms with van der Waals surface area (Å²) in [7, 11) is 0. The SMILES string of the molecule is C=CCC(C)(C)NC(=O)Cn1nnc(C)n1. The minimum Gasteiger partial charge on any atom is -0.349 e. The largest absolute Gasteiger partial charge is 0.349 e. The number of nitrogens with zero attached hydrogens (tertiary/aromatic N) is 4. The normalized spacial score (nSPS) is 11.2. The molecular formula is C10H17N5O. The summed E-state index contributed by atoms with van der Waals surface area (Å²) in [6.45, 7) is 9.33. The summed E-state index contributed by atoms with van der Waals surface area (Å²) in [6.07, 6.45) is 2.49. The summed E-state index contributed by atoms with van der Waals surface area (Å²) in [5.74, 6) is 0.419. The molecular weight excluding hydrogens is 206 g/mol. The molecule has 1 N–H and O–H groups in total. The van der Waals surface area contributed by atoms with Crippen molar-refractivity contribution in [3.05, 3.63) is 18.5 Å². The number of hydrogen-bond donors (Lipinski definition) is 1. The van der Waals surface area contributed by atoms with Crippen LogP contribution in [0.2, 0.25) is 0 Å². The van der Waals surface area contributed by atoms with E-state index in [0.717, 1.165) is 0 Å². The number of rotatable bonds is 5. The van der Waals surface area contributed by atoms with Gasteiger partial charge in [0.25, 0.3) is 0 Å². The third-order valence-electron chi connectivity index (χ3n) is 1.97. The predicted molar refractivity (Wildman–Crippen MR) is 59.6 cm³/mol. The first kappa shape index (κ1) is 12.4. The maximum absolute atomic E-state index is 11.6. The number of nitrogens with one attached hydrogen (secondary N) is 1. The smallest absolute Gasteiger partial charge is 0.244 e. The Morgan fingerprint density at radius 2 is 2.31 bits per heavy atom. The van der Waals surface area contributed by atoms with Gasteiger partial charge in [-0.3, -0.25) is 4.79 Å². The average Bonchev–Trinajstić information content (AvgIpc) is 2.49. The van der Waals surface area contributed by atoms with Crippen LogP contribution in [0.3, 0.4) is 0 Å². The van der Waals surface area contributed by atoms with Gasteiger partial charge in [0.1, 0.15) is 6.54 Å². The number of amides is 1. The highest BCUT2D eigenvalue weighted by Gasteiger charge is 2.19. The van der Waals surface area contributed by atoms with E-state index in [-0.39, 0.29) is 18.0 Å². The Bertz CT molecular complexity index is 382. The third kappa shape index (κ3) is 3.80. The Morgan fingerprint density at radius 1 is 1.62 bits per heavy atom. The van der Waals surface area contributed by atoms with Crippen LogP contribution in [0.5, 0.6) is 0 Å². The number of tetrazole rings is 1. The average molecular weight is 223 g/mol. The second-order valence-electron chi connectivity index (χ2n) is 4.29. The van der Waals surface area contributed by atoms with E-state index in [0.29, 0.717) is 12.2 Å². The second-order valence-corrected chi connectivity index (χ2v) is 4.29. The van der Waals surface area contributed by atoms with E-state index in [1.54, 1.807) is 13.0 Å². The molecule has 0 atom stereocenters. The molecule has 0 fully saturated rings. The number of aromatic nitrogens is 4. The third-order valence-corrected chi connectivity index (χ3v) is 1.97. The van der Waals surface area contributed by atoms with E-state index in [9.17, 15) is 4.79 Å². The van der Waals surface area contributed by atoms with Crippen molar-refractivity contribution < 1.29 is 4.79 Å². The molecule has 0 spiro atoms. The first-order valence-electron chi connectivity index (χ1n) is 5.09. The molecule has 1 aromatic heterocycles. The molecule has 6 nitrogen and oxygen atoms in total. The van der Waals surface area contributed by atoms with Crippen molar-refractivity contribution in [3.63, 3.8) is 0 Å². The molecule has 0 aromatic carbocycles. The lowest BCUT2D eigenvalue weighted by Crippen LogP contribution is -2.44. The Hall–Kier alpha value is -1.72. The van der Waals surface area contributed by atoms with Crippen LogP contribution in [0.25, 0.3) is 0 Å². The van der Waals surface area contributed by atoms with Gasteiger partial charge in [-0.2, -0.15) is 4.80 Å². The Labute approximate surface area is 94.7 Å². The molecule has 0 bridgehead atoms.